The van der Waals surface area contributed by atoms with Crippen LogP contribution in [0.25, 0.3) is 11.5 Å². The van der Waals surface area contributed by atoms with Crippen LogP contribution < -0.4 is 14.2 Å². The zero-order valence-electron chi connectivity index (χ0n) is 13.1. The summed E-state index contributed by atoms with van der Waals surface area (Å²) in [6.45, 7) is 2.00. The van der Waals surface area contributed by atoms with Crippen molar-refractivity contribution in [3.63, 3.8) is 0 Å². The first-order chi connectivity index (χ1) is 12.0. The summed E-state index contributed by atoms with van der Waals surface area (Å²) in [6.07, 6.45) is 0. The van der Waals surface area contributed by atoms with Crippen molar-refractivity contribution in [1.29, 1.82) is 0 Å². The Kier molecular flexibility index (Phi) is 3.94. The maximum absolute atomic E-state index is 12.5. The average molecular weight is 379 g/mol. The van der Waals surface area contributed by atoms with Gasteiger partial charge in [0.1, 0.15) is 4.21 Å². The van der Waals surface area contributed by atoms with Crippen LogP contribution in [0, 0.1) is 6.92 Å². The lowest BCUT2D eigenvalue weighted by Crippen LogP contribution is -2.22. The highest BCUT2D eigenvalue weighted by molar-refractivity contribution is 7.91. The molecule has 25 heavy (non-hydrogen) atoms. The van der Waals surface area contributed by atoms with Crippen molar-refractivity contribution in [1.82, 2.24) is 14.9 Å². The van der Waals surface area contributed by atoms with Gasteiger partial charge in [-0.05, 0) is 23.8 Å². The third-order valence-corrected chi connectivity index (χ3v) is 6.36. The molecular weight excluding hydrogens is 366 g/mol. The van der Waals surface area contributed by atoms with E-state index in [1.165, 1.54) is 6.07 Å². The van der Waals surface area contributed by atoms with Gasteiger partial charge in [-0.3, -0.25) is 0 Å². The Balaban J connectivity index is 1.49. The second-order valence-electron chi connectivity index (χ2n) is 5.29. The molecule has 0 atom stereocenters. The number of hydrogen-bond donors (Lipinski definition) is 1. The largest absolute Gasteiger partial charge is 0.454 e. The van der Waals surface area contributed by atoms with E-state index in [4.69, 9.17) is 13.9 Å². The van der Waals surface area contributed by atoms with Crippen LogP contribution in [0.15, 0.2) is 38.3 Å². The van der Waals surface area contributed by atoms with Crippen LogP contribution in [-0.4, -0.2) is 25.4 Å². The summed E-state index contributed by atoms with van der Waals surface area (Å²) in [6, 6.07) is 6.82. The van der Waals surface area contributed by atoms with Crippen LogP contribution in [-0.2, 0) is 16.6 Å². The van der Waals surface area contributed by atoms with Crippen LogP contribution in [0.5, 0.6) is 11.5 Å². The quantitative estimate of drug-likeness (QED) is 0.725. The molecule has 1 N–H and O–H groups in total. The molecule has 130 valence electrons. The molecule has 1 aliphatic rings. The number of fused-ring (bicyclic) bond motifs is 1. The fourth-order valence-corrected chi connectivity index (χ4v) is 4.50. The van der Waals surface area contributed by atoms with E-state index in [0.29, 0.717) is 28.8 Å². The molecule has 0 amide bonds. The van der Waals surface area contributed by atoms with Gasteiger partial charge in [-0.15, -0.1) is 21.5 Å². The molecule has 2 aromatic heterocycles. The number of hydrogen-bond acceptors (Lipinski definition) is 8. The Hall–Kier alpha value is -2.43. The Labute approximate surface area is 147 Å². The van der Waals surface area contributed by atoms with Gasteiger partial charge in [0.2, 0.25) is 28.6 Å². The van der Waals surface area contributed by atoms with Crippen molar-refractivity contribution in [3.8, 4) is 23.0 Å². The molecule has 0 saturated heterocycles. The normalized spacial score (nSPS) is 13.3. The number of nitrogens with zero attached hydrogens (tertiary/aromatic N) is 2. The van der Waals surface area contributed by atoms with Gasteiger partial charge in [0, 0.05) is 18.8 Å². The minimum atomic E-state index is -3.65. The predicted molar refractivity (Wildman–Crippen MR) is 88.9 cm³/mol. The number of sulfonamides is 1. The van der Waals surface area contributed by atoms with E-state index in [0.717, 1.165) is 16.9 Å². The van der Waals surface area contributed by atoms with Crippen molar-refractivity contribution < 1.29 is 22.3 Å². The molecule has 3 heterocycles. The summed E-state index contributed by atoms with van der Waals surface area (Å²) in [4.78, 5) is 0. The third kappa shape index (κ3) is 3.23. The van der Waals surface area contributed by atoms with E-state index in [-0.39, 0.29) is 17.5 Å². The van der Waals surface area contributed by atoms with E-state index in [1.54, 1.807) is 30.5 Å². The Bertz CT molecular complexity index is 1030. The number of benzene rings is 1. The molecule has 0 bridgehead atoms. The molecular formula is C15H13N3O5S2. The topological polar surface area (TPSA) is 104 Å². The highest BCUT2D eigenvalue weighted by atomic mass is 32.2. The minimum absolute atomic E-state index is 0.145. The molecule has 3 aromatic rings. The SMILES string of the molecule is Cc1nnc(-c2csc(S(=O)(=O)NCc3ccc4c(c3)OCO4)c2)o1. The van der Waals surface area contributed by atoms with Crippen molar-refractivity contribution in [2.24, 2.45) is 0 Å². The zero-order chi connectivity index (χ0) is 17.4. The number of aryl methyl sites for hydroxylation is 1. The van der Waals surface area contributed by atoms with E-state index >= 15 is 0 Å². The summed E-state index contributed by atoms with van der Waals surface area (Å²) >= 11 is 1.09. The average Bonchev–Trinajstić information content (AvgIpc) is 3.32. The van der Waals surface area contributed by atoms with Crippen LogP contribution in [0.2, 0.25) is 0 Å². The molecule has 0 spiro atoms. The van der Waals surface area contributed by atoms with Crippen molar-refractivity contribution in [2.75, 3.05) is 6.79 Å². The van der Waals surface area contributed by atoms with Crippen LogP contribution in [0.3, 0.4) is 0 Å². The first-order valence-electron chi connectivity index (χ1n) is 7.28. The maximum Gasteiger partial charge on any atom is 0.250 e. The van der Waals surface area contributed by atoms with Gasteiger partial charge < -0.3 is 13.9 Å². The molecule has 4 rings (SSSR count). The second-order valence-corrected chi connectivity index (χ2v) is 8.20. The van der Waals surface area contributed by atoms with Gasteiger partial charge in [0.05, 0.1) is 5.56 Å². The van der Waals surface area contributed by atoms with E-state index in [2.05, 4.69) is 14.9 Å². The van der Waals surface area contributed by atoms with Crippen LogP contribution >= 0.6 is 11.3 Å². The molecule has 0 unspecified atom stereocenters. The lowest BCUT2D eigenvalue weighted by Gasteiger charge is -2.05. The number of ether oxygens (including phenoxy) is 2. The minimum Gasteiger partial charge on any atom is -0.454 e. The lowest BCUT2D eigenvalue weighted by molar-refractivity contribution is 0.174. The number of rotatable bonds is 5. The molecule has 8 nitrogen and oxygen atoms in total. The number of aromatic nitrogens is 2. The maximum atomic E-state index is 12.5. The summed E-state index contributed by atoms with van der Waals surface area (Å²) in [5, 5.41) is 9.30. The van der Waals surface area contributed by atoms with Gasteiger partial charge >= 0.3 is 0 Å². The molecule has 0 fully saturated rings. The highest BCUT2D eigenvalue weighted by Crippen LogP contribution is 2.33. The predicted octanol–water partition coefficient (Wildman–Crippen LogP) is 2.31. The first-order valence-corrected chi connectivity index (χ1v) is 9.65. The first kappa shape index (κ1) is 16.1. The molecule has 0 radical (unpaired) electrons. The fourth-order valence-electron chi connectivity index (χ4n) is 2.28. The standard InChI is InChI=1S/C15H13N3O5S2/c1-9-17-18-15(23-9)11-5-14(24-7-11)25(19,20)16-6-10-2-3-12-13(4-10)22-8-21-12/h2-5,7,16H,6,8H2,1H3. The smallest absolute Gasteiger partial charge is 0.250 e. The Morgan fingerprint density at radius 2 is 2.04 bits per heavy atom. The zero-order valence-corrected chi connectivity index (χ0v) is 14.7. The molecule has 1 aliphatic heterocycles. The van der Waals surface area contributed by atoms with E-state index in [1.807, 2.05) is 0 Å². The molecule has 1 aromatic carbocycles. The fraction of sp³-hybridized carbons (Fsp3) is 0.200. The van der Waals surface area contributed by atoms with Crippen molar-refractivity contribution in [3.05, 3.63) is 41.1 Å². The third-order valence-electron chi connectivity index (χ3n) is 3.52. The monoisotopic (exact) mass is 379 g/mol. The summed E-state index contributed by atoms with van der Waals surface area (Å²) < 4.78 is 43.5. The van der Waals surface area contributed by atoms with Crippen molar-refractivity contribution >= 4 is 21.4 Å². The second kappa shape index (κ2) is 6.14. The number of thiophene rings is 1. The van der Waals surface area contributed by atoms with Gasteiger partial charge in [-0.25, -0.2) is 13.1 Å². The Morgan fingerprint density at radius 1 is 1.20 bits per heavy atom. The Morgan fingerprint density at radius 3 is 2.84 bits per heavy atom. The highest BCUT2D eigenvalue weighted by Gasteiger charge is 2.20. The van der Waals surface area contributed by atoms with Gasteiger partial charge in [-0.1, -0.05) is 6.07 Å². The molecule has 10 heteroatoms. The molecule has 0 aliphatic carbocycles. The van der Waals surface area contributed by atoms with Crippen LogP contribution in [0.4, 0.5) is 0 Å². The van der Waals surface area contributed by atoms with E-state index in [9.17, 15) is 8.42 Å². The summed E-state index contributed by atoms with van der Waals surface area (Å²) in [7, 11) is -3.65. The van der Waals surface area contributed by atoms with Gasteiger partial charge in [-0.2, -0.15) is 0 Å². The summed E-state index contributed by atoms with van der Waals surface area (Å²) in [5.74, 6) is 1.99. The van der Waals surface area contributed by atoms with Crippen molar-refractivity contribution in [2.45, 2.75) is 17.7 Å². The number of nitrogens with one attached hydrogen (secondary N) is 1. The van der Waals surface area contributed by atoms with E-state index < -0.39 is 10.0 Å². The lowest BCUT2D eigenvalue weighted by atomic mass is 10.2. The molecule has 0 saturated carbocycles. The van der Waals surface area contributed by atoms with Gasteiger partial charge in [0.25, 0.3) is 0 Å². The van der Waals surface area contributed by atoms with Gasteiger partial charge in [0.15, 0.2) is 11.5 Å². The van der Waals surface area contributed by atoms with Crippen LogP contribution in [0.1, 0.15) is 11.5 Å². The summed E-state index contributed by atoms with van der Waals surface area (Å²) in [5.41, 5.74) is 1.35.